The molecule has 7 heteroatoms. The van der Waals surface area contributed by atoms with Gasteiger partial charge < -0.3 is 14.9 Å². The SMILES string of the molecule is Cc1cc(CNc2ccc(Cl)c(C(=O)O)n2)on1. The highest BCUT2D eigenvalue weighted by molar-refractivity contribution is 6.33. The molecule has 2 rings (SSSR count). The van der Waals surface area contributed by atoms with Crippen molar-refractivity contribution in [2.24, 2.45) is 0 Å². The number of anilines is 1. The molecule has 0 fully saturated rings. The van der Waals surface area contributed by atoms with E-state index in [0.717, 1.165) is 5.69 Å². The van der Waals surface area contributed by atoms with Gasteiger partial charge in [0.15, 0.2) is 11.5 Å². The molecule has 0 spiro atoms. The van der Waals surface area contributed by atoms with Gasteiger partial charge in [-0.3, -0.25) is 0 Å². The van der Waals surface area contributed by atoms with E-state index in [9.17, 15) is 4.79 Å². The number of carboxylic acid groups (broad SMARTS) is 1. The van der Waals surface area contributed by atoms with Crippen LogP contribution in [0, 0.1) is 6.92 Å². The Bertz CT molecular complexity index is 583. The van der Waals surface area contributed by atoms with Gasteiger partial charge in [-0.15, -0.1) is 0 Å². The number of hydrogen-bond donors (Lipinski definition) is 2. The minimum absolute atomic E-state index is 0.101. The molecule has 18 heavy (non-hydrogen) atoms. The molecule has 0 saturated carbocycles. The number of aromatic carboxylic acids is 1. The van der Waals surface area contributed by atoms with E-state index in [1.54, 1.807) is 12.1 Å². The van der Waals surface area contributed by atoms with Gasteiger partial charge in [-0.25, -0.2) is 9.78 Å². The van der Waals surface area contributed by atoms with E-state index in [2.05, 4.69) is 15.5 Å². The Kier molecular flexibility index (Phi) is 3.47. The first-order valence-electron chi connectivity index (χ1n) is 5.12. The largest absolute Gasteiger partial charge is 0.476 e. The van der Waals surface area contributed by atoms with Crippen LogP contribution in [0.4, 0.5) is 5.82 Å². The van der Waals surface area contributed by atoms with Gasteiger partial charge in [-0.05, 0) is 19.1 Å². The van der Waals surface area contributed by atoms with Gasteiger partial charge in [0.05, 0.1) is 17.3 Å². The van der Waals surface area contributed by atoms with Gasteiger partial charge in [-0.2, -0.15) is 0 Å². The molecule has 0 amide bonds. The summed E-state index contributed by atoms with van der Waals surface area (Å²) in [5, 5.41) is 15.6. The molecule has 2 aromatic rings. The molecule has 0 atom stereocenters. The highest BCUT2D eigenvalue weighted by Crippen LogP contribution is 2.17. The molecule has 2 heterocycles. The summed E-state index contributed by atoms with van der Waals surface area (Å²) in [6.45, 7) is 2.19. The Balaban J connectivity index is 2.10. The molecule has 0 aliphatic rings. The average molecular weight is 268 g/mol. The van der Waals surface area contributed by atoms with Crippen molar-refractivity contribution in [1.29, 1.82) is 0 Å². The number of rotatable bonds is 4. The summed E-state index contributed by atoms with van der Waals surface area (Å²) in [7, 11) is 0. The van der Waals surface area contributed by atoms with Crippen LogP contribution in [-0.4, -0.2) is 21.2 Å². The van der Waals surface area contributed by atoms with Crippen LogP contribution in [0.3, 0.4) is 0 Å². The average Bonchev–Trinajstić information content (AvgIpc) is 2.74. The molecule has 0 unspecified atom stereocenters. The lowest BCUT2D eigenvalue weighted by Crippen LogP contribution is -2.06. The first-order valence-corrected chi connectivity index (χ1v) is 5.50. The van der Waals surface area contributed by atoms with Gasteiger partial charge in [0.25, 0.3) is 0 Å². The maximum absolute atomic E-state index is 10.8. The van der Waals surface area contributed by atoms with E-state index in [1.807, 2.05) is 6.92 Å². The number of pyridine rings is 1. The fraction of sp³-hybridized carbons (Fsp3) is 0.182. The molecule has 94 valence electrons. The standard InChI is InChI=1S/C11H10ClN3O3/c1-6-4-7(18-15-6)5-13-9-3-2-8(12)10(14-9)11(16)17/h2-4H,5H2,1H3,(H,13,14)(H,16,17). The van der Waals surface area contributed by atoms with Crippen LogP contribution >= 0.6 is 11.6 Å². The Morgan fingerprint density at radius 2 is 2.33 bits per heavy atom. The van der Waals surface area contributed by atoms with E-state index in [0.29, 0.717) is 18.1 Å². The first kappa shape index (κ1) is 12.4. The molecule has 0 aliphatic heterocycles. The number of aryl methyl sites for hydroxylation is 1. The number of carboxylic acids is 1. The van der Waals surface area contributed by atoms with Gasteiger partial charge in [0.1, 0.15) is 5.82 Å². The molecule has 6 nitrogen and oxygen atoms in total. The number of hydrogen-bond acceptors (Lipinski definition) is 5. The van der Waals surface area contributed by atoms with Crippen molar-refractivity contribution in [3.05, 3.63) is 40.4 Å². The number of halogens is 1. The van der Waals surface area contributed by atoms with Crippen molar-refractivity contribution in [2.45, 2.75) is 13.5 Å². The van der Waals surface area contributed by atoms with E-state index in [-0.39, 0.29) is 10.7 Å². The van der Waals surface area contributed by atoms with Crippen LogP contribution in [0.5, 0.6) is 0 Å². The summed E-state index contributed by atoms with van der Waals surface area (Å²) in [6.07, 6.45) is 0. The maximum Gasteiger partial charge on any atom is 0.356 e. The van der Waals surface area contributed by atoms with Gasteiger partial charge in [0.2, 0.25) is 0 Å². The third kappa shape index (κ3) is 2.78. The third-order valence-electron chi connectivity index (χ3n) is 2.17. The predicted molar refractivity (Wildman–Crippen MR) is 64.8 cm³/mol. The van der Waals surface area contributed by atoms with Crippen molar-refractivity contribution >= 4 is 23.4 Å². The Labute approximate surface area is 108 Å². The second kappa shape index (κ2) is 5.05. The van der Waals surface area contributed by atoms with Gasteiger partial charge >= 0.3 is 5.97 Å². The zero-order valence-electron chi connectivity index (χ0n) is 9.48. The first-order chi connectivity index (χ1) is 8.56. The fourth-order valence-corrected chi connectivity index (χ4v) is 1.55. The van der Waals surface area contributed by atoms with Crippen LogP contribution in [0.25, 0.3) is 0 Å². The summed E-state index contributed by atoms with van der Waals surface area (Å²) < 4.78 is 5.00. The highest BCUT2D eigenvalue weighted by atomic mass is 35.5. The lowest BCUT2D eigenvalue weighted by Gasteiger charge is -2.04. The number of carbonyl (C=O) groups is 1. The summed E-state index contributed by atoms with van der Waals surface area (Å²) in [5.74, 6) is -0.119. The molecule has 2 aromatic heterocycles. The molecule has 0 saturated heterocycles. The zero-order valence-corrected chi connectivity index (χ0v) is 10.2. The molecule has 2 N–H and O–H groups in total. The van der Waals surface area contributed by atoms with E-state index < -0.39 is 5.97 Å². The number of aromatic nitrogens is 2. The number of nitrogens with one attached hydrogen (secondary N) is 1. The molecule has 0 aliphatic carbocycles. The van der Waals surface area contributed by atoms with E-state index >= 15 is 0 Å². The zero-order chi connectivity index (χ0) is 13.1. The van der Waals surface area contributed by atoms with Crippen LogP contribution in [0.15, 0.2) is 22.7 Å². The van der Waals surface area contributed by atoms with Crippen LogP contribution in [0.1, 0.15) is 21.9 Å². The summed E-state index contributed by atoms with van der Waals surface area (Å²) in [4.78, 5) is 14.7. The highest BCUT2D eigenvalue weighted by Gasteiger charge is 2.11. The molecule has 0 aromatic carbocycles. The van der Waals surface area contributed by atoms with Crippen molar-refractivity contribution in [2.75, 3.05) is 5.32 Å². The van der Waals surface area contributed by atoms with Crippen molar-refractivity contribution in [3.8, 4) is 0 Å². The monoisotopic (exact) mass is 267 g/mol. The number of nitrogens with zero attached hydrogens (tertiary/aromatic N) is 2. The summed E-state index contributed by atoms with van der Waals surface area (Å²) >= 11 is 5.71. The lowest BCUT2D eigenvalue weighted by molar-refractivity contribution is 0.0691. The normalized spacial score (nSPS) is 10.3. The second-order valence-electron chi connectivity index (χ2n) is 3.62. The lowest BCUT2D eigenvalue weighted by atomic mass is 10.3. The molecular weight excluding hydrogens is 258 g/mol. The smallest absolute Gasteiger partial charge is 0.356 e. The van der Waals surface area contributed by atoms with Crippen LogP contribution < -0.4 is 5.32 Å². The topological polar surface area (TPSA) is 88.2 Å². The summed E-state index contributed by atoms with van der Waals surface area (Å²) in [6, 6.07) is 4.85. The Hall–Kier alpha value is -2.08. The van der Waals surface area contributed by atoms with E-state index in [1.165, 1.54) is 6.07 Å². The molecular formula is C11H10ClN3O3. The Morgan fingerprint density at radius 1 is 1.56 bits per heavy atom. The second-order valence-corrected chi connectivity index (χ2v) is 4.03. The van der Waals surface area contributed by atoms with Crippen molar-refractivity contribution in [3.63, 3.8) is 0 Å². The van der Waals surface area contributed by atoms with Crippen LogP contribution in [0.2, 0.25) is 5.02 Å². The summed E-state index contributed by atoms with van der Waals surface area (Å²) in [5.41, 5.74) is 0.595. The van der Waals surface area contributed by atoms with Gasteiger partial charge in [0, 0.05) is 6.07 Å². The van der Waals surface area contributed by atoms with E-state index in [4.69, 9.17) is 21.2 Å². The quantitative estimate of drug-likeness (QED) is 0.884. The van der Waals surface area contributed by atoms with Crippen LogP contribution in [-0.2, 0) is 6.54 Å². The maximum atomic E-state index is 10.8. The predicted octanol–water partition coefficient (Wildman–Crippen LogP) is 2.34. The third-order valence-corrected chi connectivity index (χ3v) is 2.47. The van der Waals surface area contributed by atoms with Crippen molar-refractivity contribution < 1.29 is 14.4 Å². The molecule has 0 bridgehead atoms. The van der Waals surface area contributed by atoms with Crippen molar-refractivity contribution in [1.82, 2.24) is 10.1 Å². The fourth-order valence-electron chi connectivity index (χ4n) is 1.37. The van der Waals surface area contributed by atoms with Gasteiger partial charge in [-0.1, -0.05) is 16.8 Å². The Morgan fingerprint density at radius 3 is 2.94 bits per heavy atom. The minimum Gasteiger partial charge on any atom is -0.476 e. The molecule has 0 radical (unpaired) electrons. The minimum atomic E-state index is -1.17.